The number of ether oxygens (including phenoxy) is 2. The lowest BCUT2D eigenvalue weighted by atomic mass is 10.1. The highest BCUT2D eigenvalue weighted by molar-refractivity contribution is 5.95. The Bertz CT molecular complexity index is 541. The van der Waals surface area contributed by atoms with Crippen LogP contribution in [-0.2, 0) is 4.74 Å². The first-order chi connectivity index (χ1) is 10.7. The SMILES string of the molecule is COc1cc(C(=O)N2CCC(N3CCOCC3)C2)ccc1C. The lowest BCUT2D eigenvalue weighted by Gasteiger charge is -2.32. The van der Waals surface area contributed by atoms with Gasteiger partial charge >= 0.3 is 0 Å². The number of likely N-dealkylation sites (tertiary alicyclic amines) is 1. The highest BCUT2D eigenvalue weighted by Gasteiger charge is 2.31. The zero-order chi connectivity index (χ0) is 15.5. The predicted octanol–water partition coefficient (Wildman–Crippen LogP) is 1.55. The van der Waals surface area contributed by atoms with Gasteiger partial charge < -0.3 is 14.4 Å². The molecule has 0 spiro atoms. The van der Waals surface area contributed by atoms with Crippen molar-refractivity contribution in [2.75, 3.05) is 46.5 Å². The average Bonchev–Trinajstić information content (AvgIpc) is 3.05. The number of rotatable bonds is 3. The zero-order valence-corrected chi connectivity index (χ0v) is 13.4. The third kappa shape index (κ3) is 3.10. The molecule has 22 heavy (non-hydrogen) atoms. The van der Waals surface area contributed by atoms with Crippen LogP contribution in [0.4, 0.5) is 0 Å². The Morgan fingerprint density at radius 1 is 1.27 bits per heavy atom. The van der Waals surface area contributed by atoms with Crippen molar-refractivity contribution in [2.45, 2.75) is 19.4 Å². The van der Waals surface area contributed by atoms with Crippen LogP contribution in [0.2, 0.25) is 0 Å². The monoisotopic (exact) mass is 304 g/mol. The molecule has 1 unspecified atom stereocenters. The number of hydrogen-bond acceptors (Lipinski definition) is 4. The standard InChI is InChI=1S/C17H24N2O3/c1-13-3-4-14(11-16(13)21-2)17(20)19-6-5-15(12-19)18-7-9-22-10-8-18/h3-4,11,15H,5-10,12H2,1-2H3. The van der Waals surface area contributed by atoms with Crippen LogP contribution in [0.1, 0.15) is 22.3 Å². The fourth-order valence-corrected chi connectivity index (χ4v) is 3.30. The summed E-state index contributed by atoms with van der Waals surface area (Å²) in [7, 11) is 1.64. The van der Waals surface area contributed by atoms with Crippen molar-refractivity contribution < 1.29 is 14.3 Å². The summed E-state index contributed by atoms with van der Waals surface area (Å²) < 4.78 is 10.7. The first kappa shape index (κ1) is 15.3. The van der Waals surface area contributed by atoms with E-state index in [0.717, 1.165) is 57.1 Å². The van der Waals surface area contributed by atoms with Gasteiger partial charge in [-0.2, -0.15) is 0 Å². The normalized spacial score (nSPS) is 22.8. The average molecular weight is 304 g/mol. The van der Waals surface area contributed by atoms with Crippen molar-refractivity contribution in [3.05, 3.63) is 29.3 Å². The van der Waals surface area contributed by atoms with Gasteiger partial charge in [0.25, 0.3) is 5.91 Å². The Kier molecular flexibility index (Phi) is 4.64. The van der Waals surface area contributed by atoms with E-state index in [-0.39, 0.29) is 5.91 Å². The first-order valence-corrected chi connectivity index (χ1v) is 7.95. The number of aryl methyl sites for hydroxylation is 1. The minimum Gasteiger partial charge on any atom is -0.496 e. The first-order valence-electron chi connectivity index (χ1n) is 7.95. The summed E-state index contributed by atoms with van der Waals surface area (Å²) in [4.78, 5) is 17.1. The summed E-state index contributed by atoms with van der Waals surface area (Å²) in [5, 5.41) is 0. The molecule has 1 amide bonds. The molecular weight excluding hydrogens is 280 g/mol. The van der Waals surface area contributed by atoms with Gasteiger partial charge in [-0.05, 0) is 31.0 Å². The third-order valence-corrected chi connectivity index (χ3v) is 4.67. The Morgan fingerprint density at radius 3 is 2.77 bits per heavy atom. The topological polar surface area (TPSA) is 42.0 Å². The van der Waals surface area contributed by atoms with Crippen molar-refractivity contribution in [3.8, 4) is 5.75 Å². The Labute approximate surface area is 131 Å². The molecule has 2 aliphatic rings. The molecule has 3 rings (SSSR count). The molecular formula is C17H24N2O3. The summed E-state index contributed by atoms with van der Waals surface area (Å²) >= 11 is 0. The number of morpholine rings is 1. The van der Waals surface area contributed by atoms with Crippen LogP contribution in [0, 0.1) is 6.92 Å². The van der Waals surface area contributed by atoms with Crippen LogP contribution >= 0.6 is 0 Å². The second-order valence-corrected chi connectivity index (χ2v) is 6.03. The van der Waals surface area contributed by atoms with Gasteiger partial charge in [0.15, 0.2) is 0 Å². The molecule has 2 saturated heterocycles. The molecule has 120 valence electrons. The number of carbonyl (C=O) groups is 1. The van der Waals surface area contributed by atoms with Gasteiger partial charge in [-0.3, -0.25) is 9.69 Å². The lowest BCUT2D eigenvalue weighted by molar-refractivity contribution is 0.0185. The van der Waals surface area contributed by atoms with E-state index in [2.05, 4.69) is 4.90 Å². The molecule has 0 aromatic heterocycles. The number of methoxy groups -OCH3 is 1. The van der Waals surface area contributed by atoms with Gasteiger partial charge in [0, 0.05) is 37.8 Å². The van der Waals surface area contributed by atoms with Crippen LogP contribution in [0.25, 0.3) is 0 Å². The molecule has 1 aromatic carbocycles. The largest absolute Gasteiger partial charge is 0.496 e. The summed E-state index contributed by atoms with van der Waals surface area (Å²) in [5.74, 6) is 0.879. The molecule has 0 bridgehead atoms. The quantitative estimate of drug-likeness (QED) is 0.850. The van der Waals surface area contributed by atoms with Crippen molar-refractivity contribution in [1.29, 1.82) is 0 Å². The molecule has 2 aliphatic heterocycles. The Balaban J connectivity index is 1.66. The van der Waals surface area contributed by atoms with Gasteiger partial charge in [-0.15, -0.1) is 0 Å². The number of benzene rings is 1. The second-order valence-electron chi connectivity index (χ2n) is 6.03. The van der Waals surface area contributed by atoms with Crippen LogP contribution in [0.15, 0.2) is 18.2 Å². The van der Waals surface area contributed by atoms with Crippen molar-refractivity contribution in [3.63, 3.8) is 0 Å². The van der Waals surface area contributed by atoms with E-state index in [1.807, 2.05) is 30.0 Å². The fourth-order valence-electron chi connectivity index (χ4n) is 3.30. The van der Waals surface area contributed by atoms with Gasteiger partial charge in [0.05, 0.1) is 20.3 Å². The molecule has 2 heterocycles. The number of carbonyl (C=O) groups excluding carboxylic acids is 1. The van der Waals surface area contributed by atoms with Crippen LogP contribution in [0.3, 0.4) is 0 Å². The van der Waals surface area contributed by atoms with E-state index in [1.54, 1.807) is 7.11 Å². The molecule has 5 nitrogen and oxygen atoms in total. The third-order valence-electron chi connectivity index (χ3n) is 4.67. The van der Waals surface area contributed by atoms with Crippen molar-refractivity contribution >= 4 is 5.91 Å². The van der Waals surface area contributed by atoms with E-state index in [0.29, 0.717) is 11.6 Å². The molecule has 0 N–H and O–H groups in total. The number of hydrogen-bond donors (Lipinski definition) is 0. The summed E-state index contributed by atoms with van der Waals surface area (Å²) in [5.41, 5.74) is 1.76. The summed E-state index contributed by atoms with van der Waals surface area (Å²) in [6.07, 6.45) is 1.05. The molecule has 0 aliphatic carbocycles. The van der Waals surface area contributed by atoms with E-state index in [4.69, 9.17) is 9.47 Å². The van der Waals surface area contributed by atoms with Crippen LogP contribution < -0.4 is 4.74 Å². The molecule has 0 saturated carbocycles. The van der Waals surface area contributed by atoms with Gasteiger partial charge in [0.1, 0.15) is 5.75 Å². The molecule has 2 fully saturated rings. The minimum atomic E-state index is 0.106. The van der Waals surface area contributed by atoms with Crippen LogP contribution in [0.5, 0.6) is 5.75 Å². The van der Waals surface area contributed by atoms with Gasteiger partial charge in [-0.25, -0.2) is 0 Å². The van der Waals surface area contributed by atoms with Gasteiger partial charge in [-0.1, -0.05) is 6.07 Å². The maximum atomic E-state index is 12.7. The maximum absolute atomic E-state index is 12.7. The highest BCUT2D eigenvalue weighted by atomic mass is 16.5. The maximum Gasteiger partial charge on any atom is 0.254 e. The highest BCUT2D eigenvalue weighted by Crippen LogP contribution is 2.23. The van der Waals surface area contributed by atoms with Crippen LogP contribution in [-0.4, -0.2) is 68.3 Å². The number of nitrogens with zero attached hydrogens (tertiary/aromatic N) is 2. The Morgan fingerprint density at radius 2 is 2.05 bits per heavy atom. The summed E-state index contributed by atoms with van der Waals surface area (Å²) in [6.45, 7) is 7.19. The van der Waals surface area contributed by atoms with Crippen molar-refractivity contribution in [2.24, 2.45) is 0 Å². The number of amides is 1. The van der Waals surface area contributed by atoms with Gasteiger partial charge in [0.2, 0.25) is 0 Å². The summed E-state index contributed by atoms with van der Waals surface area (Å²) in [6, 6.07) is 6.16. The second kappa shape index (κ2) is 6.67. The van der Waals surface area contributed by atoms with E-state index in [9.17, 15) is 4.79 Å². The smallest absolute Gasteiger partial charge is 0.254 e. The molecule has 1 aromatic rings. The fraction of sp³-hybridized carbons (Fsp3) is 0.588. The van der Waals surface area contributed by atoms with E-state index >= 15 is 0 Å². The molecule has 0 radical (unpaired) electrons. The molecule has 1 atom stereocenters. The lowest BCUT2D eigenvalue weighted by Crippen LogP contribution is -2.45. The predicted molar refractivity (Wildman–Crippen MR) is 84.4 cm³/mol. The minimum absolute atomic E-state index is 0.106. The van der Waals surface area contributed by atoms with E-state index in [1.165, 1.54) is 0 Å². The zero-order valence-electron chi connectivity index (χ0n) is 13.4. The Hall–Kier alpha value is -1.59. The molecule has 5 heteroatoms. The van der Waals surface area contributed by atoms with E-state index < -0.39 is 0 Å². The van der Waals surface area contributed by atoms with Crippen molar-refractivity contribution in [1.82, 2.24) is 9.80 Å².